The lowest BCUT2D eigenvalue weighted by Crippen LogP contribution is -2.55. The van der Waals surface area contributed by atoms with Crippen LogP contribution < -0.4 is 5.11 Å². The molecular weight excluding hydrogens is 703 g/mol. The molecule has 0 aromatic heterocycles. The maximum atomic E-state index is 12.7. The van der Waals surface area contributed by atoms with E-state index in [2.05, 4.69) is 26.0 Å². The minimum atomic E-state index is -1.12. The molecule has 0 saturated heterocycles. The van der Waals surface area contributed by atoms with Crippen LogP contribution in [-0.2, 0) is 28.6 Å². The number of nitrogens with zero attached hydrogens (tertiary/aromatic N) is 1. The zero-order valence-electron chi connectivity index (χ0n) is 37.6. The van der Waals surface area contributed by atoms with Gasteiger partial charge >= 0.3 is 11.9 Å². The summed E-state index contributed by atoms with van der Waals surface area (Å²) in [6.45, 7) is 4.67. The lowest BCUT2D eigenvalue weighted by Gasteiger charge is -2.34. The maximum absolute atomic E-state index is 12.7. The molecular formula is C48H91NO7. The Balaban J connectivity index is 4.26. The SMILES string of the molecule is CCCCCCCCC/C=C/CCCCCC(=O)OC(COCCC(C(=O)[O-])[N+](C)(C)C)COC(=O)CCCCCCCCCCCCCCCCCCCC. The standard InChI is InChI=1S/C48H91NO7/c1-6-8-10-12-14-16-18-20-22-23-24-25-27-28-30-32-34-36-38-46(50)55-43-44(42-54-41-40-45(48(52)53)49(3,4)5)56-47(51)39-37-35-33-31-29-26-21-19-17-15-13-11-9-7-2/h26,29,44-45H,6-25,27-28,30-43H2,1-5H3/b29-26+. The third kappa shape index (κ3) is 37.6. The Morgan fingerprint density at radius 3 is 1.30 bits per heavy atom. The number of carbonyl (C=O) groups excluding carboxylic acids is 3. The minimum absolute atomic E-state index is 0.0403. The highest BCUT2D eigenvalue weighted by molar-refractivity contribution is 5.70. The first kappa shape index (κ1) is 54.1. The smallest absolute Gasteiger partial charge is 0.306 e. The van der Waals surface area contributed by atoms with Crippen molar-refractivity contribution in [3.63, 3.8) is 0 Å². The van der Waals surface area contributed by atoms with Gasteiger partial charge in [-0.3, -0.25) is 9.59 Å². The summed E-state index contributed by atoms with van der Waals surface area (Å²) in [4.78, 5) is 36.9. The number of esters is 2. The van der Waals surface area contributed by atoms with Crippen LogP contribution in [0.3, 0.4) is 0 Å². The second kappa shape index (κ2) is 39.9. The summed E-state index contributed by atoms with van der Waals surface area (Å²) in [5, 5.41) is 11.6. The zero-order valence-corrected chi connectivity index (χ0v) is 37.6. The van der Waals surface area contributed by atoms with Crippen molar-refractivity contribution in [3.8, 4) is 0 Å². The topological polar surface area (TPSA) is 102 Å². The molecule has 0 heterocycles. The van der Waals surface area contributed by atoms with Gasteiger partial charge in [0, 0.05) is 19.3 Å². The molecule has 2 unspecified atom stereocenters. The van der Waals surface area contributed by atoms with E-state index < -0.39 is 18.1 Å². The molecule has 0 aromatic carbocycles. The Hall–Kier alpha value is -1.93. The fourth-order valence-corrected chi connectivity index (χ4v) is 7.18. The quantitative estimate of drug-likeness (QED) is 0.0262. The number of unbranched alkanes of at least 4 members (excludes halogenated alkanes) is 27. The average molecular weight is 794 g/mol. The lowest BCUT2D eigenvalue weighted by atomic mass is 10.0. The van der Waals surface area contributed by atoms with Crippen LogP contribution in [0.2, 0.25) is 0 Å². The highest BCUT2D eigenvalue weighted by Gasteiger charge is 2.25. The number of hydrogen-bond donors (Lipinski definition) is 0. The van der Waals surface area contributed by atoms with Crippen molar-refractivity contribution in [3.05, 3.63) is 12.2 Å². The first-order valence-electron chi connectivity index (χ1n) is 23.7. The predicted molar refractivity (Wildman–Crippen MR) is 231 cm³/mol. The van der Waals surface area contributed by atoms with Crippen LogP contribution in [0.4, 0.5) is 0 Å². The van der Waals surface area contributed by atoms with E-state index in [4.69, 9.17) is 14.2 Å². The first-order valence-corrected chi connectivity index (χ1v) is 23.7. The molecule has 0 rings (SSSR count). The molecule has 0 aliphatic carbocycles. The first-order chi connectivity index (χ1) is 27.1. The molecule has 0 aromatic rings. The highest BCUT2D eigenvalue weighted by Crippen LogP contribution is 2.16. The Morgan fingerprint density at radius 2 is 0.893 bits per heavy atom. The van der Waals surface area contributed by atoms with Gasteiger partial charge in [-0.05, 0) is 38.5 Å². The highest BCUT2D eigenvalue weighted by atomic mass is 16.6. The van der Waals surface area contributed by atoms with E-state index in [-0.39, 0.29) is 42.7 Å². The van der Waals surface area contributed by atoms with Crippen LogP contribution in [0.15, 0.2) is 12.2 Å². The molecule has 0 fully saturated rings. The monoisotopic (exact) mass is 794 g/mol. The number of allylic oxidation sites excluding steroid dienone is 2. The number of carbonyl (C=O) groups is 3. The predicted octanol–water partition coefficient (Wildman–Crippen LogP) is 11.8. The number of ether oxygens (including phenoxy) is 3. The Labute approximate surface area is 346 Å². The van der Waals surface area contributed by atoms with E-state index in [0.717, 1.165) is 51.4 Å². The molecule has 0 N–H and O–H groups in total. The van der Waals surface area contributed by atoms with Gasteiger partial charge in [-0.2, -0.15) is 0 Å². The van der Waals surface area contributed by atoms with E-state index in [1.807, 2.05) is 0 Å². The van der Waals surface area contributed by atoms with E-state index in [1.165, 1.54) is 141 Å². The van der Waals surface area contributed by atoms with Crippen LogP contribution >= 0.6 is 0 Å². The van der Waals surface area contributed by atoms with Crippen molar-refractivity contribution in [2.45, 2.75) is 238 Å². The van der Waals surface area contributed by atoms with Crippen LogP contribution in [-0.4, -0.2) is 75.5 Å². The fraction of sp³-hybridized carbons (Fsp3) is 0.896. The molecule has 330 valence electrons. The Morgan fingerprint density at radius 1 is 0.518 bits per heavy atom. The van der Waals surface area contributed by atoms with Crippen LogP contribution in [0.1, 0.15) is 226 Å². The van der Waals surface area contributed by atoms with Gasteiger partial charge in [0.15, 0.2) is 6.10 Å². The summed E-state index contributed by atoms with van der Waals surface area (Å²) in [6, 6.07) is -0.724. The summed E-state index contributed by atoms with van der Waals surface area (Å²) in [5.74, 6) is -1.74. The number of quaternary nitrogens is 1. The molecule has 0 saturated carbocycles. The van der Waals surface area contributed by atoms with Crippen molar-refractivity contribution in [1.29, 1.82) is 0 Å². The van der Waals surface area contributed by atoms with Gasteiger partial charge in [-0.15, -0.1) is 0 Å². The Bertz CT molecular complexity index is 931. The van der Waals surface area contributed by atoms with Gasteiger partial charge in [0.05, 0.1) is 40.3 Å². The lowest BCUT2D eigenvalue weighted by molar-refractivity contribution is -0.889. The van der Waals surface area contributed by atoms with Crippen molar-refractivity contribution in [2.75, 3.05) is 41.0 Å². The molecule has 8 nitrogen and oxygen atoms in total. The normalized spacial score (nSPS) is 12.9. The number of likely N-dealkylation sites (N-methyl/N-ethyl adjacent to an activating group) is 1. The van der Waals surface area contributed by atoms with Gasteiger partial charge < -0.3 is 28.6 Å². The summed E-state index contributed by atoms with van der Waals surface area (Å²) in [5.41, 5.74) is 0. The molecule has 8 heteroatoms. The molecule has 0 aliphatic rings. The maximum Gasteiger partial charge on any atom is 0.306 e. The summed E-state index contributed by atoms with van der Waals surface area (Å²) < 4.78 is 17.2. The van der Waals surface area contributed by atoms with E-state index >= 15 is 0 Å². The van der Waals surface area contributed by atoms with E-state index in [9.17, 15) is 19.5 Å². The summed E-state index contributed by atoms with van der Waals surface area (Å²) in [6.07, 6.45) is 42.3. The van der Waals surface area contributed by atoms with Gasteiger partial charge in [-0.1, -0.05) is 180 Å². The fourth-order valence-electron chi connectivity index (χ4n) is 7.18. The summed E-state index contributed by atoms with van der Waals surface area (Å²) >= 11 is 0. The third-order valence-corrected chi connectivity index (χ3v) is 10.9. The summed E-state index contributed by atoms with van der Waals surface area (Å²) in [7, 11) is 5.41. The zero-order chi connectivity index (χ0) is 41.4. The average Bonchev–Trinajstić information content (AvgIpc) is 3.15. The minimum Gasteiger partial charge on any atom is -0.544 e. The molecule has 2 atom stereocenters. The number of rotatable bonds is 43. The van der Waals surface area contributed by atoms with Gasteiger partial charge in [-0.25, -0.2) is 0 Å². The molecule has 0 bridgehead atoms. The molecule has 0 aliphatic heterocycles. The number of aliphatic carboxylic acids is 1. The molecule has 56 heavy (non-hydrogen) atoms. The van der Waals surface area contributed by atoms with Crippen molar-refractivity contribution < 1.29 is 38.2 Å². The van der Waals surface area contributed by atoms with Crippen molar-refractivity contribution in [1.82, 2.24) is 0 Å². The van der Waals surface area contributed by atoms with Gasteiger partial charge in [0.2, 0.25) is 0 Å². The van der Waals surface area contributed by atoms with Crippen LogP contribution in [0.5, 0.6) is 0 Å². The van der Waals surface area contributed by atoms with E-state index in [0.29, 0.717) is 12.8 Å². The molecule has 0 radical (unpaired) electrons. The largest absolute Gasteiger partial charge is 0.544 e. The Kier molecular flexibility index (Phi) is 38.5. The van der Waals surface area contributed by atoms with Crippen molar-refractivity contribution in [2.24, 2.45) is 0 Å². The molecule has 0 spiro atoms. The van der Waals surface area contributed by atoms with Crippen LogP contribution in [0, 0.1) is 0 Å². The molecule has 0 amide bonds. The van der Waals surface area contributed by atoms with Crippen LogP contribution in [0.25, 0.3) is 0 Å². The van der Waals surface area contributed by atoms with Crippen molar-refractivity contribution >= 4 is 17.9 Å². The van der Waals surface area contributed by atoms with Gasteiger partial charge in [0.25, 0.3) is 0 Å². The third-order valence-electron chi connectivity index (χ3n) is 10.9. The second-order valence-electron chi connectivity index (χ2n) is 17.4. The van der Waals surface area contributed by atoms with Gasteiger partial charge in [0.1, 0.15) is 12.6 Å². The number of hydrogen-bond acceptors (Lipinski definition) is 7. The van der Waals surface area contributed by atoms with E-state index in [1.54, 1.807) is 21.1 Å². The number of carboxylic acids is 1. The number of carboxylic acid groups (broad SMARTS) is 1. The second-order valence-corrected chi connectivity index (χ2v) is 17.4.